The van der Waals surface area contributed by atoms with Gasteiger partial charge < -0.3 is 9.05 Å². The van der Waals surface area contributed by atoms with Gasteiger partial charge in [0.05, 0.1) is 11.0 Å². The number of aryl methyl sites for hydroxylation is 2. The van der Waals surface area contributed by atoms with Crippen LogP contribution in [-0.2, 0) is 10.8 Å². The van der Waals surface area contributed by atoms with E-state index in [4.69, 9.17) is 0 Å². The molecular formula is C54H45BN2. The zero-order valence-corrected chi connectivity index (χ0v) is 34.1. The summed E-state index contributed by atoms with van der Waals surface area (Å²) in [5.41, 5.74) is 20.1. The van der Waals surface area contributed by atoms with Crippen LogP contribution in [0.25, 0.3) is 93.1 Å². The number of aromatic nitrogens is 2. The molecule has 0 fully saturated rings. The fourth-order valence-corrected chi connectivity index (χ4v) is 10.9. The first-order chi connectivity index (χ1) is 27.4. The van der Waals surface area contributed by atoms with Crippen LogP contribution in [-0.4, -0.2) is 15.9 Å². The third-order valence-electron chi connectivity index (χ3n) is 13.6. The second kappa shape index (κ2) is 10.9. The van der Waals surface area contributed by atoms with E-state index in [0.29, 0.717) is 0 Å². The lowest BCUT2D eigenvalue weighted by atomic mass is 9.44. The van der Waals surface area contributed by atoms with E-state index in [2.05, 4.69) is 192 Å². The molecule has 0 aliphatic carbocycles. The number of rotatable bonds is 1. The first-order valence-corrected chi connectivity index (χ1v) is 20.6. The lowest BCUT2D eigenvalue weighted by Gasteiger charge is -2.35. The predicted octanol–water partition coefficient (Wildman–Crippen LogP) is 13.0. The highest BCUT2D eigenvalue weighted by atomic mass is 15.0. The Bertz CT molecular complexity index is 3430. The molecule has 0 spiro atoms. The Morgan fingerprint density at radius 1 is 0.474 bits per heavy atom. The van der Waals surface area contributed by atoms with E-state index < -0.39 is 0 Å². The fraction of sp³-hybridized carbons (Fsp3) is 0.185. The highest BCUT2D eigenvalue weighted by Crippen LogP contribution is 2.50. The lowest BCUT2D eigenvalue weighted by molar-refractivity contribution is 0.590. The zero-order chi connectivity index (χ0) is 38.9. The van der Waals surface area contributed by atoms with Crippen molar-refractivity contribution in [1.29, 1.82) is 0 Å². The van der Waals surface area contributed by atoms with E-state index in [9.17, 15) is 0 Å². The van der Waals surface area contributed by atoms with Gasteiger partial charge in [-0.15, -0.1) is 0 Å². The molecule has 0 unspecified atom stereocenters. The number of nitrogens with zero attached hydrogens (tertiary/aromatic N) is 2. The molecular weight excluding hydrogens is 687 g/mol. The standard InChI is InChI=1S/C54H45BN2/c1-30-14-13-15-31(2)46(30)33-21-23-43-41(26-33)48-38-19-12-11-18-37(38)47-42-29-35(54(6,7)8)28-40-39-27-34(53(3,4)5)22-25-44(39)57(51(40)42)55-49-36-17-10-9-16-32(36)20-24-45(49)56(43)52(48)50(47)55/h9-29H,1-8H3. The van der Waals surface area contributed by atoms with Crippen molar-refractivity contribution in [3.05, 3.63) is 150 Å². The largest absolute Gasteiger partial charge is 0.375 e. The van der Waals surface area contributed by atoms with Crippen LogP contribution in [0.3, 0.4) is 0 Å². The van der Waals surface area contributed by atoms with E-state index in [0.717, 1.165) is 0 Å². The van der Waals surface area contributed by atoms with Gasteiger partial charge in [0.2, 0.25) is 0 Å². The fourth-order valence-electron chi connectivity index (χ4n) is 10.9. The second-order valence-corrected chi connectivity index (χ2v) is 19.0. The van der Waals surface area contributed by atoms with Gasteiger partial charge in [0.25, 0.3) is 0 Å². The second-order valence-electron chi connectivity index (χ2n) is 19.0. The summed E-state index contributed by atoms with van der Waals surface area (Å²) in [5.74, 6) is 0. The van der Waals surface area contributed by atoms with Crippen LogP contribution in [0, 0.1) is 13.8 Å². The highest BCUT2D eigenvalue weighted by molar-refractivity contribution is 6.92. The van der Waals surface area contributed by atoms with E-state index in [1.54, 1.807) is 0 Å². The summed E-state index contributed by atoms with van der Waals surface area (Å²) >= 11 is 0. The summed E-state index contributed by atoms with van der Waals surface area (Å²) in [6.07, 6.45) is 0. The summed E-state index contributed by atoms with van der Waals surface area (Å²) in [6.45, 7) is 18.6. The van der Waals surface area contributed by atoms with E-state index in [1.807, 2.05) is 0 Å². The monoisotopic (exact) mass is 732 g/mol. The van der Waals surface area contributed by atoms with Crippen molar-refractivity contribution in [2.75, 3.05) is 0 Å². The average molecular weight is 733 g/mol. The van der Waals surface area contributed by atoms with E-state index in [-0.39, 0.29) is 17.7 Å². The summed E-state index contributed by atoms with van der Waals surface area (Å²) < 4.78 is 5.39. The molecule has 57 heavy (non-hydrogen) atoms. The number of hydrogen-bond donors (Lipinski definition) is 0. The molecule has 274 valence electrons. The topological polar surface area (TPSA) is 9.86 Å². The Kier molecular flexibility index (Phi) is 6.31. The maximum absolute atomic E-state index is 2.75. The van der Waals surface area contributed by atoms with Crippen LogP contribution >= 0.6 is 0 Å². The molecule has 3 heteroatoms. The lowest BCUT2D eigenvalue weighted by Crippen LogP contribution is -2.55. The predicted molar refractivity (Wildman–Crippen MR) is 247 cm³/mol. The third kappa shape index (κ3) is 4.22. The molecule has 2 aliphatic heterocycles. The number of fused-ring (bicyclic) bond motifs is 16. The Morgan fingerprint density at radius 3 is 1.91 bits per heavy atom. The van der Waals surface area contributed by atoms with Crippen LogP contribution in [0.5, 0.6) is 0 Å². The van der Waals surface area contributed by atoms with Crippen LogP contribution in [0.1, 0.15) is 63.8 Å². The number of hydrogen-bond acceptors (Lipinski definition) is 0. The van der Waals surface area contributed by atoms with Gasteiger partial charge in [0.1, 0.15) is 0 Å². The van der Waals surface area contributed by atoms with Crippen LogP contribution in [0.2, 0.25) is 0 Å². The SMILES string of the molecule is Cc1cccc(C)c1-c1ccc2c(c1)c1c3ccccc3c3c4c1n2-c1ccc2ccccc2c1B4n1c2ccc(C(C)(C)C)cc2c2cc(C(C)(C)C)cc-3c21. The summed E-state index contributed by atoms with van der Waals surface area (Å²) in [4.78, 5) is 0. The van der Waals surface area contributed by atoms with Crippen molar-refractivity contribution < 1.29 is 0 Å². The molecule has 2 aromatic heterocycles. The van der Waals surface area contributed by atoms with Crippen molar-refractivity contribution in [2.24, 2.45) is 0 Å². The Hall–Kier alpha value is -6.06. The van der Waals surface area contributed by atoms with Gasteiger partial charge in [-0.2, -0.15) is 0 Å². The molecule has 12 rings (SSSR count). The van der Waals surface area contributed by atoms with Gasteiger partial charge in [-0.25, -0.2) is 0 Å². The van der Waals surface area contributed by atoms with Gasteiger partial charge in [-0.1, -0.05) is 126 Å². The molecule has 10 aromatic rings. The average Bonchev–Trinajstić information content (AvgIpc) is 3.71. The molecule has 0 N–H and O–H groups in total. The molecule has 2 aliphatic rings. The van der Waals surface area contributed by atoms with E-state index >= 15 is 0 Å². The van der Waals surface area contributed by atoms with Crippen molar-refractivity contribution in [1.82, 2.24) is 9.05 Å². The van der Waals surface area contributed by atoms with Crippen molar-refractivity contribution in [3.63, 3.8) is 0 Å². The molecule has 0 radical (unpaired) electrons. The normalized spacial score (nSPS) is 13.6. The summed E-state index contributed by atoms with van der Waals surface area (Å²) in [5, 5.41) is 10.6. The summed E-state index contributed by atoms with van der Waals surface area (Å²) in [6, 6.07) is 49.4. The minimum Gasteiger partial charge on any atom is -0.375 e. The minimum atomic E-state index is -0.0312. The van der Waals surface area contributed by atoms with Crippen LogP contribution in [0.15, 0.2) is 127 Å². The summed E-state index contributed by atoms with van der Waals surface area (Å²) in [7, 11) is 0. The molecule has 4 heterocycles. The Balaban J connectivity index is 1.36. The van der Waals surface area contributed by atoms with E-state index in [1.165, 1.54) is 126 Å². The highest BCUT2D eigenvalue weighted by Gasteiger charge is 2.44. The molecule has 8 aromatic carbocycles. The van der Waals surface area contributed by atoms with Crippen molar-refractivity contribution in [2.45, 2.75) is 66.2 Å². The van der Waals surface area contributed by atoms with Crippen molar-refractivity contribution in [3.8, 4) is 27.9 Å². The number of benzene rings is 8. The maximum atomic E-state index is 2.75. The first kappa shape index (κ1) is 33.1. The molecule has 0 saturated carbocycles. The van der Waals surface area contributed by atoms with Crippen LogP contribution in [0.4, 0.5) is 0 Å². The smallest absolute Gasteiger partial charge is 0.333 e. The van der Waals surface area contributed by atoms with Gasteiger partial charge in [0, 0.05) is 43.8 Å². The Labute approximate surface area is 334 Å². The molecule has 0 atom stereocenters. The first-order valence-electron chi connectivity index (χ1n) is 20.6. The van der Waals surface area contributed by atoms with Crippen molar-refractivity contribution >= 4 is 82.9 Å². The zero-order valence-electron chi connectivity index (χ0n) is 34.1. The molecule has 0 bridgehead atoms. The van der Waals surface area contributed by atoms with Gasteiger partial charge in [-0.3, -0.25) is 0 Å². The Morgan fingerprint density at radius 2 is 1.16 bits per heavy atom. The van der Waals surface area contributed by atoms with Gasteiger partial charge in [-0.05, 0) is 139 Å². The molecule has 0 saturated heterocycles. The quantitative estimate of drug-likeness (QED) is 0.149. The third-order valence-corrected chi connectivity index (χ3v) is 13.6. The van der Waals surface area contributed by atoms with Gasteiger partial charge >= 0.3 is 6.85 Å². The maximum Gasteiger partial charge on any atom is 0.333 e. The molecule has 2 nitrogen and oxygen atoms in total. The van der Waals surface area contributed by atoms with Gasteiger partial charge in [0.15, 0.2) is 0 Å². The molecule has 0 amide bonds. The van der Waals surface area contributed by atoms with Crippen LogP contribution < -0.4 is 10.9 Å². The minimum absolute atomic E-state index is 0.0171.